The molecule has 2 rings (SSSR count). The van der Waals surface area contributed by atoms with Crippen molar-refractivity contribution in [1.82, 2.24) is 5.32 Å². The monoisotopic (exact) mass is 295 g/mol. The molecule has 92 valence electrons. The van der Waals surface area contributed by atoms with Gasteiger partial charge in [0.25, 0.3) is 5.91 Å². The van der Waals surface area contributed by atoms with Gasteiger partial charge in [0, 0.05) is 16.9 Å². The molecular formula is C14H18BrNO. The molecule has 1 aliphatic carbocycles. The van der Waals surface area contributed by atoms with E-state index in [1.54, 1.807) is 0 Å². The zero-order chi connectivity index (χ0) is 12.1. The summed E-state index contributed by atoms with van der Waals surface area (Å²) in [6, 6.07) is 9.78. The van der Waals surface area contributed by atoms with Crippen LogP contribution in [0.2, 0.25) is 0 Å². The summed E-state index contributed by atoms with van der Waals surface area (Å²) in [7, 11) is 0. The minimum atomic E-state index is 0.0588. The summed E-state index contributed by atoms with van der Waals surface area (Å²) in [5.41, 5.74) is 0.756. The van der Waals surface area contributed by atoms with Crippen molar-refractivity contribution in [3.63, 3.8) is 0 Å². The molecule has 0 saturated heterocycles. The molecule has 2 atom stereocenters. The van der Waals surface area contributed by atoms with Crippen molar-refractivity contribution in [3.8, 4) is 0 Å². The normalized spacial score (nSPS) is 24.3. The number of rotatable bonds is 3. The third-order valence-corrected chi connectivity index (χ3v) is 4.29. The summed E-state index contributed by atoms with van der Waals surface area (Å²) in [5, 5.41) is 4.15. The van der Waals surface area contributed by atoms with Crippen LogP contribution in [0.4, 0.5) is 0 Å². The number of hydrogen-bond donors (Lipinski definition) is 1. The van der Waals surface area contributed by atoms with Gasteiger partial charge in [0.1, 0.15) is 0 Å². The van der Waals surface area contributed by atoms with Crippen LogP contribution in [-0.4, -0.2) is 17.3 Å². The lowest BCUT2D eigenvalue weighted by atomic mass is 9.86. The lowest BCUT2D eigenvalue weighted by Crippen LogP contribution is -2.42. The molecule has 3 heteroatoms. The summed E-state index contributed by atoms with van der Waals surface area (Å²) < 4.78 is 0. The van der Waals surface area contributed by atoms with Crippen molar-refractivity contribution in [2.75, 3.05) is 5.33 Å². The van der Waals surface area contributed by atoms with E-state index >= 15 is 0 Å². The van der Waals surface area contributed by atoms with E-state index in [1.165, 1.54) is 19.3 Å². The van der Waals surface area contributed by atoms with Crippen molar-refractivity contribution < 1.29 is 4.79 Å². The van der Waals surface area contributed by atoms with Crippen LogP contribution in [0.3, 0.4) is 0 Å². The molecule has 1 amide bonds. The summed E-state index contributed by atoms with van der Waals surface area (Å²) in [4.78, 5) is 12.0. The van der Waals surface area contributed by atoms with Gasteiger partial charge in [-0.15, -0.1) is 0 Å². The lowest BCUT2D eigenvalue weighted by molar-refractivity contribution is 0.0911. The van der Waals surface area contributed by atoms with Crippen LogP contribution in [0, 0.1) is 5.92 Å². The van der Waals surface area contributed by atoms with E-state index in [0.717, 1.165) is 17.3 Å². The molecule has 2 unspecified atom stereocenters. The van der Waals surface area contributed by atoms with Crippen molar-refractivity contribution in [3.05, 3.63) is 35.9 Å². The molecule has 0 aromatic heterocycles. The highest BCUT2D eigenvalue weighted by atomic mass is 79.9. The fraction of sp³-hybridized carbons (Fsp3) is 0.500. The lowest BCUT2D eigenvalue weighted by Gasteiger charge is -2.31. The highest BCUT2D eigenvalue weighted by Gasteiger charge is 2.25. The Morgan fingerprint density at radius 1 is 1.24 bits per heavy atom. The first-order valence-corrected chi connectivity index (χ1v) is 7.35. The Kier molecular flexibility index (Phi) is 4.60. The number of benzene rings is 1. The topological polar surface area (TPSA) is 29.1 Å². The maximum absolute atomic E-state index is 12.0. The average molecular weight is 296 g/mol. The van der Waals surface area contributed by atoms with Gasteiger partial charge >= 0.3 is 0 Å². The Morgan fingerprint density at radius 2 is 1.94 bits per heavy atom. The van der Waals surface area contributed by atoms with Crippen LogP contribution < -0.4 is 5.32 Å². The zero-order valence-electron chi connectivity index (χ0n) is 9.86. The SMILES string of the molecule is O=C(NC1CCCCC1CBr)c1ccccc1. The molecule has 0 spiro atoms. The first-order valence-electron chi connectivity index (χ1n) is 6.23. The second-order valence-corrected chi connectivity index (χ2v) is 5.29. The van der Waals surface area contributed by atoms with Crippen LogP contribution in [0.5, 0.6) is 0 Å². The highest BCUT2D eigenvalue weighted by Crippen LogP contribution is 2.26. The zero-order valence-corrected chi connectivity index (χ0v) is 11.4. The Balaban J connectivity index is 1.98. The standard InChI is InChI=1S/C14H18BrNO/c15-10-12-8-4-5-9-13(12)16-14(17)11-6-2-1-3-7-11/h1-3,6-7,12-13H,4-5,8-10H2,(H,16,17). The Bertz CT molecular complexity index is 366. The highest BCUT2D eigenvalue weighted by molar-refractivity contribution is 9.09. The molecule has 1 aromatic carbocycles. The van der Waals surface area contributed by atoms with Gasteiger partial charge in [-0.1, -0.05) is 47.0 Å². The Hall–Kier alpha value is -0.830. The van der Waals surface area contributed by atoms with E-state index in [0.29, 0.717) is 12.0 Å². The van der Waals surface area contributed by atoms with Crippen molar-refractivity contribution in [1.29, 1.82) is 0 Å². The van der Waals surface area contributed by atoms with Crippen molar-refractivity contribution in [2.45, 2.75) is 31.7 Å². The number of halogens is 1. The second kappa shape index (κ2) is 6.20. The van der Waals surface area contributed by atoms with Gasteiger partial charge in [-0.05, 0) is 30.9 Å². The number of hydrogen-bond acceptors (Lipinski definition) is 1. The molecule has 1 aliphatic rings. The molecule has 1 N–H and O–H groups in total. The summed E-state index contributed by atoms with van der Waals surface area (Å²) in [5.74, 6) is 0.639. The van der Waals surface area contributed by atoms with Gasteiger partial charge in [-0.25, -0.2) is 0 Å². The van der Waals surface area contributed by atoms with Gasteiger partial charge < -0.3 is 5.32 Å². The predicted molar refractivity (Wildman–Crippen MR) is 73.4 cm³/mol. The molecule has 0 radical (unpaired) electrons. The van der Waals surface area contributed by atoms with E-state index < -0.39 is 0 Å². The largest absolute Gasteiger partial charge is 0.349 e. The maximum atomic E-state index is 12.0. The molecule has 1 saturated carbocycles. The van der Waals surface area contributed by atoms with E-state index in [2.05, 4.69) is 21.2 Å². The van der Waals surface area contributed by atoms with Gasteiger partial charge in [0.2, 0.25) is 0 Å². The Labute approximate surface area is 111 Å². The molecule has 17 heavy (non-hydrogen) atoms. The van der Waals surface area contributed by atoms with Gasteiger partial charge in [-0.2, -0.15) is 0 Å². The van der Waals surface area contributed by atoms with Gasteiger partial charge in [0.15, 0.2) is 0 Å². The fourth-order valence-corrected chi connectivity index (χ4v) is 3.20. The quantitative estimate of drug-likeness (QED) is 0.851. The number of carbonyl (C=O) groups excluding carboxylic acids is 1. The second-order valence-electron chi connectivity index (χ2n) is 4.64. The molecule has 1 fully saturated rings. The van der Waals surface area contributed by atoms with Crippen LogP contribution in [0.1, 0.15) is 36.0 Å². The molecule has 1 aromatic rings. The minimum Gasteiger partial charge on any atom is -0.349 e. The summed E-state index contributed by atoms with van der Waals surface area (Å²) >= 11 is 3.55. The smallest absolute Gasteiger partial charge is 0.251 e. The molecule has 0 bridgehead atoms. The average Bonchev–Trinajstić information content (AvgIpc) is 2.40. The number of alkyl halides is 1. The van der Waals surface area contributed by atoms with E-state index in [4.69, 9.17) is 0 Å². The predicted octanol–water partition coefficient (Wildman–Crippen LogP) is 3.37. The van der Waals surface area contributed by atoms with Gasteiger partial charge in [0.05, 0.1) is 0 Å². The van der Waals surface area contributed by atoms with Crippen molar-refractivity contribution >= 4 is 21.8 Å². The van der Waals surface area contributed by atoms with E-state index in [1.807, 2.05) is 30.3 Å². The van der Waals surface area contributed by atoms with Crippen LogP contribution in [0.15, 0.2) is 30.3 Å². The van der Waals surface area contributed by atoms with E-state index in [9.17, 15) is 4.79 Å². The maximum Gasteiger partial charge on any atom is 0.251 e. The number of amides is 1. The third-order valence-electron chi connectivity index (χ3n) is 3.46. The number of carbonyl (C=O) groups is 1. The first-order chi connectivity index (χ1) is 8.31. The summed E-state index contributed by atoms with van der Waals surface area (Å²) in [6.07, 6.45) is 4.83. The molecule has 0 heterocycles. The van der Waals surface area contributed by atoms with E-state index in [-0.39, 0.29) is 5.91 Å². The van der Waals surface area contributed by atoms with Crippen LogP contribution >= 0.6 is 15.9 Å². The molecular weight excluding hydrogens is 278 g/mol. The third kappa shape index (κ3) is 3.32. The summed E-state index contributed by atoms with van der Waals surface area (Å²) in [6.45, 7) is 0. The first kappa shape index (κ1) is 12.6. The van der Waals surface area contributed by atoms with Gasteiger partial charge in [-0.3, -0.25) is 4.79 Å². The van der Waals surface area contributed by atoms with Crippen LogP contribution in [0.25, 0.3) is 0 Å². The number of nitrogens with one attached hydrogen (secondary N) is 1. The fourth-order valence-electron chi connectivity index (χ4n) is 2.42. The van der Waals surface area contributed by atoms with Crippen molar-refractivity contribution in [2.24, 2.45) is 5.92 Å². The van der Waals surface area contributed by atoms with Crippen LogP contribution in [-0.2, 0) is 0 Å². The Morgan fingerprint density at radius 3 is 2.65 bits per heavy atom. The molecule has 0 aliphatic heterocycles. The minimum absolute atomic E-state index is 0.0588. The molecule has 2 nitrogen and oxygen atoms in total.